The molecule has 0 radical (unpaired) electrons. The Morgan fingerprint density at radius 2 is 1.95 bits per heavy atom. The van der Waals surface area contributed by atoms with Crippen LogP contribution in [0.1, 0.15) is 22.8 Å². The average Bonchev–Trinajstić information content (AvgIpc) is 2.54. The zero-order chi connectivity index (χ0) is 15.1. The summed E-state index contributed by atoms with van der Waals surface area (Å²) in [6.07, 6.45) is 2.10. The van der Waals surface area contributed by atoms with Gasteiger partial charge in [0.1, 0.15) is 0 Å². The monoisotopic (exact) mass is 284 g/mol. The van der Waals surface area contributed by atoms with Crippen molar-refractivity contribution in [3.8, 4) is 0 Å². The molecule has 1 N–H and O–H groups in total. The summed E-state index contributed by atoms with van der Waals surface area (Å²) >= 11 is 0. The lowest BCUT2D eigenvalue weighted by Gasteiger charge is -2.13. The zero-order valence-electron chi connectivity index (χ0n) is 11.7. The number of amides is 1. The highest BCUT2D eigenvalue weighted by molar-refractivity contribution is 5.91. The van der Waals surface area contributed by atoms with Gasteiger partial charge in [0.2, 0.25) is 0 Å². The van der Waals surface area contributed by atoms with E-state index in [0.29, 0.717) is 12.1 Å². The van der Waals surface area contributed by atoms with Crippen molar-refractivity contribution < 1.29 is 14.3 Å². The number of hydrogen-bond donors (Lipinski definition) is 1. The second kappa shape index (κ2) is 7.19. The molecule has 0 aliphatic heterocycles. The molecule has 108 valence electrons. The van der Waals surface area contributed by atoms with E-state index in [1.807, 2.05) is 30.3 Å². The maximum atomic E-state index is 11.9. The third kappa shape index (κ3) is 4.42. The summed E-state index contributed by atoms with van der Waals surface area (Å²) in [5.41, 5.74) is 1.30. The van der Waals surface area contributed by atoms with Crippen LogP contribution in [-0.2, 0) is 16.1 Å². The minimum atomic E-state index is -0.860. The van der Waals surface area contributed by atoms with Gasteiger partial charge >= 0.3 is 5.97 Å². The van der Waals surface area contributed by atoms with Crippen LogP contribution < -0.4 is 5.32 Å². The van der Waals surface area contributed by atoms with Crippen molar-refractivity contribution in [2.45, 2.75) is 19.6 Å². The van der Waals surface area contributed by atoms with Gasteiger partial charge in [0, 0.05) is 18.9 Å². The van der Waals surface area contributed by atoms with Gasteiger partial charge in [0.05, 0.1) is 5.56 Å². The molecule has 0 fully saturated rings. The number of nitrogens with one attached hydrogen (secondary N) is 1. The van der Waals surface area contributed by atoms with Crippen molar-refractivity contribution in [2.75, 3.05) is 0 Å². The van der Waals surface area contributed by atoms with Crippen LogP contribution in [0, 0.1) is 0 Å². The number of pyridine rings is 1. The van der Waals surface area contributed by atoms with E-state index in [-0.39, 0.29) is 5.91 Å². The molecule has 0 bridgehead atoms. The number of rotatable bonds is 5. The summed E-state index contributed by atoms with van der Waals surface area (Å²) in [6, 6.07) is 12.7. The van der Waals surface area contributed by atoms with Gasteiger partial charge in [-0.3, -0.25) is 9.78 Å². The molecular weight excluding hydrogens is 268 g/mol. The normalized spacial score (nSPS) is 11.5. The lowest BCUT2D eigenvalue weighted by atomic mass is 10.2. The van der Waals surface area contributed by atoms with Crippen LogP contribution in [0.15, 0.2) is 54.9 Å². The molecule has 0 aliphatic rings. The van der Waals surface area contributed by atoms with Crippen LogP contribution in [0.4, 0.5) is 0 Å². The first-order valence-corrected chi connectivity index (χ1v) is 6.59. The first kappa shape index (κ1) is 14.7. The van der Waals surface area contributed by atoms with Crippen LogP contribution in [0.3, 0.4) is 0 Å². The summed E-state index contributed by atoms with van der Waals surface area (Å²) in [7, 11) is 0. The largest absolute Gasteiger partial charge is 0.449 e. The highest BCUT2D eigenvalue weighted by Gasteiger charge is 2.18. The second-order valence-electron chi connectivity index (χ2n) is 4.49. The zero-order valence-corrected chi connectivity index (χ0v) is 11.7. The quantitative estimate of drug-likeness (QED) is 0.852. The minimum absolute atomic E-state index is 0.320. The maximum Gasteiger partial charge on any atom is 0.340 e. The minimum Gasteiger partial charge on any atom is -0.449 e. The number of esters is 1. The van der Waals surface area contributed by atoms with Crippen molar-refractivity contribution in [2.24, 2.45) is 0 Å². The van der Waals surface area contributed by atoms with Gasteiger partial charge < -0.3 is 10.1 Å². The van der Waals surface area contributed by atoms with Gasteiger partial charge in [0.25, 0.3) is 5.91 Å². The van der Waals surface area contributed by atoms with Gasteiger partial charge in [-0.15, -0.1) is 0 Å². The molecule has 1 atom stereocenters. The van der Waals surface area contributed by atoms with Crippen LogP contribution in [-0.4, -0.2) is 23.0 Å². The number of aromatic nitrogens is 1. The molecule has 0 unspecified atom stereocenters. The molecule has 0 saturated heterocycles. The molecule has 1 amide bonds. The van der Waals surface area contributed by atoms with E-state index < -0.39 is 12.1 Å². The summed E-state index contributed by atoms with van der Waals surface area (Å²) in [5, 5.41) is 2.72. The summed E-state index contributed by atoms with van der Waals surface area (Å²) in [6.45, 7) is 1.93. The Balaban J connectivity index is 1.84. The topological polar surface area (TPSA) is 68.3 Å². The fourth-order valence-electron chi connectivity index (χ4n) is 1.69. The predicted molar refractivity (Wildman–Crippen MR) is 77.4 cm³/mol. The van der Waals surface area contributed by atoms with E-state index >= 15 is 0 Å². The average molecular weight is 284 g/mol. The van der Waals surface area contributed by atoms with Crippen molar-refractivity contribution >= 4 is 11.9 Å². The van der Waals surface area contributed by atoms with Gasteiger partial charge in [0.15, 0.2) is 6.10 Å². The smallest absolute Gasteiger partial charge is 0.340 e. The second-order valence-corrected chi connectivity index (χ2v) is 4.49. The first-order valence-electron chi connectivity index (χ1n) is 6.59. The summed E-state index contributed by atoms with van der Waals surface area (Å²) in [5.74, 6) is -0.901. The Morgan fingerprint density at radius 1 is 1.19 bits per heavy atom. The number of ether oxygens (including phenoxy) is 1. The van der Waals surface area contributed by atoms with Crippen molar-refractivity contribution in [1.82, 2.24) is 10.3 Å². The molecule has 5 heteroatoms. The summed E-state index contributed by atoms with van der Waals surface area (Å²) < 4.78 is 5.10. The van der Waals surface area contributed by atoms with Crippen LogP contribution in [0.25, 0.3) is 0 Å². The van der Waals surface area contributed by atoms with Gasteiger partial charge in [-0.2, -0.15) is 0 Å². The van der Waals surface area contributed by atoms with Gasteiger partial charge in [-0.05, 0) is 24.6 Å². The Labute approximate surface area is 123 Å². The Bertz CT molecular complexity index is 599. The highest BCUT2D eigenvalue weighted by atomic mass is 16.5. The molecule has 2 rings (SSSR count). The maximum absolute atomic E-state index is 11.9. The standard InChI is InChI=1S/C16H16N2O3/c1-12(21-16(20)14-8-5-9-17-11-14)15(19)18-10-13-6-3-2-4-7-13/h2-9,11-12H,10H2,1H3,(H,18,19)/t12-/m0/s1. The van der Waals surface area contributed by atoms with E-state index in [1.54, 1.807) is 18.3 Å². The number of benzene rings is 1. The molecule has 0 spiro atoms. The fourth-order valence-corrected chi connectivity index (χ4v) is 1.69. The van der Waals surface area contributed by atoms with Gasteiger partial charge in [-0.25, -0.2) is 4.79 Å². The van der Waals surface area contributed by atoms with E-state index in [1.165, 1.54) is 13.1 Å². The van der Waals surface area contributed by atoms with Crippen LogP contribution in [0.5, 0.6) is 0 Å². The summed E-state index contributed by atoms with van der Waals surface area (Å²) in [4.78, 5) is 27.5. The molecule has 1 aromatic carbocycles. The number of hydrogen-bond acceptors (Lipinski definition) is 4. The Morgan fingerprint density at radius 3 is 2.62 bits per heavy atom. The van der Waals surface area contributed by atoms with E-state index in [4.69, 9.17) is 4.74 Å². The molecule has 21 heavy (non-hydrogen) atoms. The third-order valence-corrected chi connectivity index (χ3v) is 2.86. The SMILES string of the molecule is C[C@H](OC(=O)c1cccnc1)C(=O)NCc1ccccc1. The number of carbonyl (C=O) groups excluding carboxylic acids is 2. The predicted octanol–water partition coefficient (Wildman–Crippen LogP) is 1.94. The Kier molecular flexibility index (Phi) is 5.04. The number of carbonyl (C=O) groups is 2. The highest BCUT2D eigenvalue weighted by Crippen LogP contribution is 2.03. The Hall–Kier alpha value is -2.69. The van der Waals surface area contributed by atoms with Crippen molar-refractivity contribution in [1.29, 1.82) is 0 Å². The van der Waals surface area contributed by atoms with E-state index in [0.717, 1.165) is 5.56 Å². The van der Waals surface area contributed by atoms with E-state index in [9.17, 15) is 9.59 Å². The molecule has 1 aromatic heterocycles. The van der Waals surface area contributed by atoms with Crippen molar-refractivity contribution in [3.63, 3.8) is 0 Å². The lowest BCUT2D eigenvalue weighted by Crippen LogP contribution is -2.35. The molecule has 1 heterocycles. The number of nitrogens with zero attached hydrogens (tertiary/aromatic N) is 1. The molecule has 0 aliphatic carbocycles. The first-order chi connectivity index (χ1) is 10.2. The van der Waals surface area contributed by atoms with Gasteiger partial charge in [-0.1, -0.05) is 30.3 Å². The molecule has 0 saturated carbocycles. The van der Waals surface area contributed by atoms with Crippen LogP contribution in [0.2, 0.25) is 0 Å². The lowest BCUT2D eigenvalue weighted by molar-refractivity contribution is -0.129. The third-order valence-electron chi connectivity index (χ3n) is 2.86. The van der Waals surface area contributed by atoms with Crippen LogP contribution >= 0.6 is 0 Å². The molecule has 2 aromatic rings. The molecule has 5 nitrogen and oxygen atoms in total. The van der Waals surface area contributed by atoms with E-state index in [2.05, 4.69) is 10.3 Å². The molecular formula is C16H16N2O3. The van der Waals surface area contributed by atoms with Crippen molar-refractivity contribution in [3.05, 3.63) is 66.0 Å². The fraction of sp³-hybridized carbons (Fsp3) is 0.188.